The van der Waals surface area contributed by atoms with Crippen molar-refractivity contribution < 1.29 is 0 Å². The molecular formula is C19H12ClN. The summed E-state index contributed by atoms with van der Waals surface area (Å²) in [6.45, 7) is 0. The highest BCUT2D eigenvalue weighted by Gasteiger charge is 2.10. The topological polar surface area (TPSA) is 12.9 Å². The smallest absolute Gasteiger partial charge is 0.0786 e. The van der Waals surface area contributed by atoms with Gasteiger partial charge in [-0.15, -0.1) is 0 Å². The van der Waals surface area contributed by atoms with Crippen LogP contribution in [0.1, 0.15) is 0 Å². The summed E-state index contributed by atoms with van der Waals surface area (Å²) in [7, 11) is 0. The monoisotopic (exact) mass is 289 g/mol. The fourth-order valence-corrected chi connectivity index (χ4v) is 3.06. The van der Waals surface area contributed by atoms with Gasteiger partial charge in [-0.2, -0.15) is 0 Å². The summed E-state index contributed by atoms with van der Waals surface area (Å²) in [6, 6.07) is 22.5. The number of aromatic nitrogens is 1. The normalized spacial score (nSPS) is 11.1. The van der Waals surface area contributed by atoms with Crippen LogP contribution < -0.4 is 0 Å². The van der Waals surface area contributed by atoms with Gasteiger partial charge in [0.25, 0.3) is 0 Å². The van der Waals surface area contributed by atoms with Gasteiger partial charge in [-0.1, -0.05) is 66.2 Å². The minimum absolute atomic E-state index is 0.762. The van der Waals surface area contributed by atoms with E-state index in [0.717, 1.165) is 32.4 Å². The minimum atomic E-state index is 0.762. The molecule has 0 aliphatic carbocycles. The Labute approximate surface area is 127 Å². The molecule has 0 spiro atoms. The van der Waals surface area contributed by atoms with Crippen LogP contribution in [0.2, 0.25) is 5.02 Å². The molecule has 0 N–H and O–H groups in total. The quantitative estimate of drug-likeness (QED) is 0.409. The number of benzene rings is 3. The number of rotatable bonds is 1. The van der Waals surface area contributed by atoms with E-state index in [9.17, 15) is 0 Å². The van der Waals surface area contributed by atoms with Gasteiger partial charge in [0.1, 0.15) is 0 Å². The van der Waals surface area contributed by atoms with Crippen LogP contribution in [0.3, 0.4) is 0 Å². The molecule has 4 aromatic rings. The third kappa shape index (κ3) is 1.98. The molecule has 100 valence electrons. The predicted molar refractivity (Wildman–Crippen MR) is 89.7 cm³/mol. The predicted octanol–water partition coefficient (Wildman–Crippen LogP) is 5.71. The summed E-state index contributed by atoms with van der Waals surface area (Å²) in [6.07, 6.45) is 1.84. The van der Waals surface area contributed by atoms with Crippen molar-refractivity contribution >= 4 is 33.3 Å². The van der Waals surface area contributed by atoms with E-state index in [1.165, 1.54) is 5.39 Å². The maximum Gasteiger partial charge on any atom is 0.0786 e. The Bertz CT molecular complexity index is 960. The van der Waals surface area contributed by atoms with E-state index in [-0.39, 0.29) is 0 Å². The van der Waals surface area contributed by atoms with Crippen LogP contribution in [0.25, 0.3) is 32.8 Å². The van der Waals surface area contributed by atoms with E-state index in [1.54, 1.807) is 0 Å². The summed E-state index contributed by atoms with van der Waals surface area (Å²) in [5, 5.41) is 4.24. The van der Waals surface area contributed by atoms with Gasteiger partial charge in [0.2, 0.25) is 0 Å². The average Bonchev–Trinajstić information content (AvgIpc) is 2.54. The highest BCUT2D eigenvalue weighted by atomic mass is 35.5. The van der Waals surface area contributed by atoms with E-state index in [4.69, 9.17) is 11.6 Å². The molecule has 1 heterocycles. The Hall–Kier alpha value is -2.38. The Morgan fingerprint density at radius 1 is 0.667 bits per heavy atom. The SMILES string of the molecule is Clc1ccccc1-c1cccc2ccc3cccnc3c12. The molecule has 1 aromatic heterocycles. The number of nitrogens with zero attached hydrogens (tertiary/aromatic N) is 1. The lowest BCUT2D eigenvalue weighted by molar-refractivity contribution is 1.43. The second-order valence-corrected chi connectivity index (χ2v) is 5.43. The molecule has 0 fully saturated rings. The van der Waals surface area contributed by atoms with Crippen molar-refractivity contribution in [3.05, 3.63) is 77.9 Å². The molecule has 0 aliphatic heterocycles. The number of pyridine rings is 1. The second-order valence-electron chi connectivity index (χ2n) is 5.02. The fraction of sp³-hybridized carbons (Fsp3) is 0. The zero-order valence-corrected chi connectivity index (χ0v) is 12.0. The lowest BCUT2D eigenvalue weighted by atomic mass is 9.96. The van der Waals surface area contributed by atoms with Gasteiger partial charge >= 0.3 is 0 Å². The maximum atomic E-state index is 6.39. The van der Waals surface area contributed by atoms with Crippen LogP contribution in [-0.4, -0.2) is 4.98 Å². The van der Waals surface area contributed by atoms with Gasteiger partial charge in [0.15, 0.2) is 0 Å². The first-order valence-corrected chi connectivity index (χ1v) is 7.24. The number of fused-ring (bicyclic) bond motifs is 3. The van der Waals surface area contributed by atoms with Gasteiger partial charge in [-0.25, -0.2) is 0 Å². The molecular weight excluding hydrogens is 278 g/mol. The molecule has 4 rings (SSSR count). The van der Waals surface area contributed by atoms with Crippen LogP contribution in [0, 0.1) is 0 Å². The number of hydrogen-bond acceptors (Lipinski definition) is 1. The van der Waals surface area contributed by atoms with Crippen LogP contribution in [0.5, 0.6) is 0 Å². The summed E-state index contributed by atoms with van der Waals surface area (Å²) in [5.74, 6) is 0. The van der Waals surface area contributed by atoms with Crippen molar-refractivity contribution in [2.45, 2.75) is 0 Å². The van der Waals surface area contributed by atoms with Crippen LogP contribution >= 0.6 is 11.6 Å². The Morgan fingerprint density at radius 3 is 2.33 bits per heavy atom. The first-order valence-electron chi connectivity index (χ1n) is 6.86. The average molecular weight is 290 g/mol. The molecule has 0 saturated carbocycles. The molecule has 0 amide bonds. The number of halogens is 1. The Balaban J connectivity index is 2.19. The molecule has 3 aromatic carbocycles. The fourth-order valence-electron chi connectivity index (χ4n) is 2.82. The zero-order valence-electron chi connectivity index (χ0n) is 11.3. The lowest BCUT2D eigenvalue weighted by Gasteiger charge is -2.10. The lowest BCUT2D eigenvalue weighted by Crippen LogP contribution is -1.86. The van der Waals surface area contributed by atoms with Gasteiger partial charge in [-0.05, 0) is 23.1 Å². The van der Waals surface area contributed by atoms with Gasteiger partial charge in [0.05, 0.1) is 5.52 Å². The molecule has 0 aliphatic rings. The third-order valence-corrected chi connectivity index (χ3v) is 4.11. The van der Waals surface area contributed by atoms with Crippen molar-refractivity contribution in [3.63, 3.8) is 0 Å². The first kappa shape index (κ1) is 12.4. The van der Waals surface area contributed by atoms with Crippen molar-refractivity contribution in [2.75, 3.05) is 0 Å². The minimum Gasteiger partial charge on any atom is -0.256 e. The molecule has 0 radical (unpaired) electrons. The highest BCUT2D eigenvalue weighted by Crippen LogP contribution is 2.36. The van der Waals surface area contributed by atoms with Gasteiger partial charge in [0, 0.05) is 27.6 Å². The molecule has 1 nitrogen and oxygen atoms in total. The van der Waals surface area contributed by atoms with E-state index in [2.05, 4.69) is 47.4 Å². The van der Waals surface area contributed by atoms with Crippen molar-refractivity contribution in [1.29, 1.82) is 0 Å². The summed E-state index contributed by atoms with van der Waals surface area (Å²) >= 11 is 6.39. The Kier molecular flexibility index (Phi) is 2.87. The largest absolute Gasteiger partial charge is 0.256 e. The summed E-state index contributed by atoms with van der Waals surface area (Å²) < 4.78 is 0. The zero-order chi connectivity index (χ0) is 14.2. The summed E-state index contributed by atoms with van der Waals surface area (Å²) in [4.78, 5) is 4.58. The van der Waals surface area contributed by atoms with E-state index in [0.29, 0.717) is 0 Å². The van der Waals surface area contributed by atoms with Crippen LogP contribution in [-0.2, 0) is 0 Å². The Morgan fingerprint density at radius 2 is 1.43 bits per heavy atom. The second kappa shape index (κ2) is 4.87. The standard InChI is InChI=1S/C19H12ClN/c20-17-9-2-1-7-15(17)16-8-3-5-13-10-11-14-6-4-12-21-19(14)18(13)16/h1-12H. The summed E-state index contributed by atoms with van der Waals surface area (Å²) in [5.41, 5.74) is 3.19. The molecule has 0 bridgehead atoms. The van der Waals surface area contributed by atoms with Crippen LogP contribution in [0.15, 0.2) is 72.9 Å². The third-order valence-electron chi connectivity index (χ3n) is 3.78. The van der Waals surface area contributed by atoms with Crippen LogP contribution in [0.4, 0.5) is 0 Å². The van der Waals surface area contributed by atoms with Crippen molar-refractivity contribution in [1.82, 2.24) is 4.98 Å². The van der Waals surface area contributed by atoms with Crippen molar-refractivity contribution in [2.24, 2.45) is 0 Å². The van der Waals surface area contributed by atoms with Gasteiger partial charge < -0.3 is 0 Å². The molecule has 2 heteroatoms. The van der Waals surface area contributed by atoms with E-state index in [1.807, 2.05) is 30.5 Å². The molecule has 0 saturated heterocycles. The molecule has 21 heavy (non-hydrogen) atoms. The number of hydrogen-bond donors (Lipinski definition) is 0. The maximum absolute atomic E-state index is 6.39. The van der Waals surface area contributed by atoms with E-state index < -0.39 is 0 Å². The van der Waals surface area contributed by atoms with Crippen molar-refractivity contribution in [3.8, 4) is 11.1 Å². The molecule has 0 atom stereocenters. The van der Waals surface area contributed by atoms with E-state index >= 15 is 0 Å². The van der Waals surface area contributed by atoms with Gasteiger partial charge in [-0.3, -0.25) is 4.98 Å². The molecule has 0 unspecified atom stereocenters. The highest BCUT2D eigenvalue weighted by molar-refractivity contribution is 6.34. The first-order chi connectivity index (χ1) is 10.3.